The van der Waals surface area contributed by atoms with Crippen molar-refractivity contribution < 1.29 is 9.90 Å². The van der Waals surface area contributed by atoms with Crippen molar-refractivity contribution in [2.45, 2.75) is 26.3 Å². The van der Waals surface area contributed by atoms with Crippen molar-refractivity contribution in [1.82, 2.24) is 9.55 Å². The van der Waals surface area contributed by atoms with Crippen LogP contribution in [0.5, 0.6) is 0 Å². The maximum atomic E-state index is 11.3. The number of hydrogen-bond acceptors (Lipinski definition) is 3. The number of thiazole rings is 1. The summed E-state index contributed by atoms with van der Waals surface area (Å²) in [5.74, 6) is -0.894. The Hall–Kier alpha value is -2.14. The molecule has 0 saturated carbocycles. The van der Waals surface area contributed by atoms with E-state index in [9.17, 15) is 9.90 Å². The zero-order valence-corrected chi connectivity index (χ0v) is 12.6. The monoisotopic (exact) mass is 300 g/mol. The molecule has 0 saturated heterocycles. The molecule has 108 valence electrons. The second-order valence-electron chi connectivity index (χ2n) is 4.98. The Balaban J connectivity index is 1.98. The molecule has 1 N–H and O–H groups in total. The van der Waals surface area contributed by atoms with Crippen molar-refractivity contribution in [2.75, 3.05) is 0 Å². The van der Waals surface area contributed by atoms with Gasteiger partial charge in [-0.15, -0.1) is 11.3 Å². The highest BCUT2D eigenvalue weighted by Gasteiger charge is 2.14. The summed E-state index contributed by atoms with van der Waals surface area (Å²) in [7, 11) is 0. The summed E-state index contributed by atoms with van der Waals surface area (Å²) in [6.45, 7) is 2.74. The van der Waals surface area contributed by atoms with Gasteiger partial charge in [0.2, 0.25) is 0 Å². The lowest BCUT2D eigenvalue weighted by atomic mass is 10.2. The maximum Gasteiger partial charge on any atom is 0.337 e. The Kier molecular flexibility index (Phi) is 3.75. The van der Waals surface area contributed by atoms with Gasteiger partial charge in [0.05, 0.1) is 22.8 Å². The van der Waals surface area contributed by atoms with E-state index in [0.717, 1.165) is 34.4 Å². The van der Waals surface area contributed by atoms with E-state index in [2.05, 4.69) is 17.3 Å². The number of nitrogens with zero attached hydrogens (tertiary/aromatic N) is 2. The third-order valence-electron chi connectivity index (χ3n) is 3.41. The molecule has 3 aromatic rings. The van der Waals surface area contributed by atoms with Crippen LogP contribution in [0.15, 0.2) is 35.8 Å². The van der Waals surface area contributed by atoms with E-state index >= 15 is 0 Å². The summed E-state index contributed by atoms with van der Waals surface area (Å²) >= 11 is 1.67. The fourth-order valence-corrected chi connectivity index (χ4v) is 3.36. The lowest BCUT2D eigenvalue weighted by Crippen LogP contribution is -1.99. The molecular weight excluding hydrogens is 284 g/mol. The molecule has 0 atom stereocenters. The van der Waals surface area contributed by atoms with Gasteiger partial charge in [0.15, 0.2) is 0 Å². The topological polar surface area (TPSA) is 55.1 Å². The molecule has 3 rings (SSSR count). The van der Waals surface area contributed by atoms with Gasteiger partial charge in [-0.1, -0.05) is 25.1 Å². The van der Waals surface area contributed by atoms with Gasteiger partial charge in [0.25, 0.3) is 0 Å². The predicted molar refractivity (Wildman–Crippen MR) is 84.1 cm³/mol. The van der Waals surface area contributed by atoms with Crippen molar-refractivity contribution >= 4 is 28.2 Å². The largest absolute Gasteiger partial charge is 0.478 e. The fourth-order valence-electron chi connectivity index (χ4n) is 2.47. The lowest BCUT2D eigenvalue weighted by Gasteiger charge is -2.02. The number of aromatic carboxylic acids is 1. The molecule has 2 aromatic heterocycles. The standard InChI is InChI=1S/C16H16N2O2S/c1-2-5-15-17-11(10-21-15)8-18-9-13(16(19)20)12-6-3-4-7-14(12)18/h3-4,6-7,9-10H,2,5,8H2,1H3,(H,19,20). The zero-order chi connectivity index (χ0) is 14.8. The summed E-state index contributed by atoms with van der Waals surface area (Å²) in [4.78, 5) is 15.9. The smallest absolute Gasteiger partial charge is 0.337 e. The molecule has 0 bridgehead atoms. The second kappa shape index (κ2) is 5.69. The van der Waals surface area contributed by atoms with E-state index < -0.39 is 5.97 Å². The predicted octanol–water partition coefficient (Wildman–Crippen LogP) is 3.80. The second-order valence-corrected chi connectivity index (χ2v) is 5.92. The van der Waals surface area contributed by atoms with E-state index in [1.54, 1.807) is 17.5 Å². The van der Waals surface area contributed by atoms with Crippen LogP contribution in [-0.4, -0.2) is 20.6 Å². The first kappa shape index (κ1) is 13.8. The summed E-state index contributed by atoms with van der Waals surface area (Å²) in [6, 6.07) is 7.58. The molecule has 0 amide bonds. The van der Waals surface area contributed by atoms with Gasteiger partial charge < -0.3 is 9.67 Å². The Morgan fingerprint density at radius 1 is 1.38 bits per heavy atom. The highest BCUT2D eigenvalue weighted by atomic mass is 32.1. The highest BCUT2D eigenvalue weighted by molar-refractivity contribution is 7.09. The molecular formula is C16H16N2O2S. The molecule has 1 aromatic carbocycles. The van der Waals surface area contributed by atoms with Gasteiger partial charge in [-0.2, -0.15) is 0 Å². The van der Waals surface area contributed by atoms with Crippen LogP contribution in [0.25, 0.3) is 10.9 Å². The van der Waals surface area contributed by atoms with E-state index in [-0.39, 0.29) is 0 Å². The van der Waals surface area contributed by atoms with Crippen LogP contribution in [0, 0.1) is 0 Å². The van der Waals surface area contributed by atoms with Crippen LogP contribution < -0.4 is 0 Å². The molecule has 0 aliphatic rings. The average Bonchev–Trinajstić information content (AvgIpc) is 3.05. The number of benzene rings is 1. The minimum atomic E-state index is -0.894. The molecule has 2 heterocycles. The van der Waals surface area contributed by atoms with Crippen LogP contribution in [-0.2, 0) is 13.0 Å². The molecule has 4 nitrogen and oxygen atoms in total. The van der Waals surface area contributed by atoms with Gasteiger partial charge in [-0.05, 0) is 18.9 Å². The van der Waals surface area contributed by atoms with Crippen molar-refractivity contribution in [3.8, 4) is 0 Å². The van der Waals surface area contributed by atoms with Gasteiger partial charge in [0.1, 0.15) is 0 Å². The lowest BCUT2D eigenvalue weighted by molar-refractivity contribution is 0.0699. The van der Waals surface area contributed by atoms with Crippen molar-refractivity contribution in [2.24, 2.45) is 0 Å². The van der Waals surface area contributed by atoms with Crippen LogP contribution in [0.3, 0.4) is 0 Å². The van der Waals surface area contributed by atoms with Gasteiger partial charge in [0, 0.05) is 22.5 Å². The SMILES string of the molecule is CCCc1nc(Cn2cc(C(=O)O)c3ccccc32)cs1. The molecule has 21 heavy (non-hydrogen) atoms. The van der Waals surface area contributed by atoms with Gasteiger partial charge in [-0.25, -0.2) is 9.78 Å². The molecule has 0 aliphatic carbocycles. The molecule has 0 fully saturated rings. The summed E-state index contributed by atoms with van der Waals surface area (Å²) in [6.07, 6.45) is 3.78. The first-order valence-electron chi connectivity index (χ1n) is 6.93. The number of para-hydroxylation sites is 1. The molecule has 0 radical (unpaired) electrons. The number of fused-ring (bicyclic) bond motifs is 1. The van der Waals surface area contributed by atoms with Gasteiger partial charge >= 0.3 is 5.97 Å². The van der Waals surface area contributed by atoms with Gasteiger partial charge in [-0.3, -0.25) is 0 Å². The van der Waals surface area contributed by atoms with Crippen molar-refractivity contribution in [3.05, 3.63) is 52.1 Å². The molecule has 0 spiro atoms. The van der Waals surface area contributed by atoms with E-state index in [0.29, 0.717) is 12.1 Å². The van der Waals surface area contributed by atoms with E-state index in [4.69, 9.17) is 0 Å². The highest BCUT2D eigenvalue weighted by Crippen LogP contribution is 2.23. The quantitative estimate of drug-likeness (QED) is 0.780. The van der Waals surface area contributed by atoms with E-state index in [1.165, 1.54) is 0 Å². The first-order chi connectivity index (χ1) is 10.2. The Morgan fingerprint density at radius 3 is 2.95 bits per heavy atom. The Bertz CT molecular complexity index is 789. The first-order valence-corrected chi connectivity index (χ1v) is 7.81. The Labute approximate surface area is 126 Å². The van der Waals surface area contributed by atoms with E-state index in [1.807, 2.05) is 28.8 Å². The summed E-state index contributed by atoms with van der Waals surface area (Å²) in [5.41, 5.74) is 2.26. The number of carboxylic acids is 1. The van der Waals surface area contributed by atoms with Crippen LogP contribution in [0.1, 0.15) is 34.4 Å². The number of aryl methyl sites for hydroxylation is 1. The number of rotatable bonds is 5. The third-order valence-corrected chi connectivity index (χ3v) is 4.37. The Morgan fingerprint density at radius 2 is 2.19 bits per heavy atom. The minimum absolute atomic E-state index is 0.342. The van der Waals surface area contributed by atoms with Crippen molar-refractivity contribution in [1.29, 1.82) is 0 Å². The summed E-state index contributed by atoms with van der Waals surface area (Å²) < 4.78 is 1.96. The molecule has 5 heteroatoms. The normalized spacial score (nSPS) is 11.1. The molecule has 0 aliphatic heterocycles. The number of aromatic nitrogens is 2. The van der Waals surface area contributed by atoms with Crippen LogP contribution in [0.4, 0.5) is 0 Å². The van der Waals surface area contributed by atoms with Crippen molar-refractivity contribution in [3.63, 3.8) is 0 Å². The number of hydrogen-bond donors (Lipinski definition) is 1. The molecule has 0 unspecified atom stereocenters. The summed E-state index contributed by atoms with van der Waals surface area (Å²) in [5, 5.41) is 13.3. The number of carbonyl (C=O) groups is 1. The maximum absolute atomic E-state index is 11.3. The van der Waals surface area contributed by atoms with Crippen LogP contribution in [0.2, 0.25) is 0 Å². The zero-order valence-electron chi connectivity index (χ0n) is 11.7. The average molecular weight is 300 g/mol. The minimum Gasteiger partial charge on any atom is -0.478 e. The fraction of sp³-hybridized carbons (Fsp3) is 0.250. The number of carboxylic acid groups (broad SMARTS) is 1. The van der Waals surface area contributed by atoms with Crippen LogP contribution >= 0.6 is 11.3 Å². The third kappa shape index (κ3) is 2.69.